The maximum absolute atomic E-state index is 12.9. The van der Waals surface area contributed by atoms with Gasteiger partial charge < -0.3 is 14.4 Å². The van der Waals surface area contributed by atoms with Gasteiger partial charge in [0.15, 0.2) is 17.3 Å². The van der Waals surface area contributed by atoms with Crippen molar-refractivity contribution in [2.75, 3.05) is 32.8 Å². The van der Waals surface area contributed by atoms with Crippen LogP contribution in [0, 0.1) is 0 Å². The number of nitrogens with zero attached hydrogens (tertiary/aromatic N) is 1. The third-order valence-electron chi connectivity index (χ3n) is 6.29. The highest BCUT2D eigenvalue weighted by atomic mass is 16.6. The molecular formula is C27H27NO3. The van der Waals surface area contributed by atoms with Crippen molar-refractivity contribution >= 4 is 5.78 Å². The van der Waals surface area contributed by atoms with E-state index in [1.165, 1.54) is 16.7 Å². The molecule has 2 aliphatic heterocycles. The number of Topliss-reactive ketones (excluding diaryl/α,β-unsaturated/α-hetero) is 1. The quantitative estimate of drug-likeness (QED) is 0.568. The second kappa shape index (κ2) is 8.94. The SMILES string of the molecule is O=C(CCN1CCc2ccccc2[C@@H](c2ccccc2)C1)c1ccc2c(c1)OCCO2. The highest BCUT2D eigenvalue weighted by Gasteiger charge is 2.24. The third-order valence-corrected chi connectivity index (χ3v) is 6.29. The van der Waals surface area contributed by atoms with Crippen LogP contribution >= 0.6 is 0 Å². The smallest absolute Gasteiger partial charge is 0.164 e. The molecule has 0 aromatic heterocycles. The van der Waals surface area contributed by atoms with Gasteiger partial charge in [0.25, 0.3) is 0 Å². The van der Waals surface area contributed by atoms with Crippen LogP contribution < -0.4 is 9.47 Å². The van der Waals surface area contributed by atoms with Crippen molar-refractivity contribution in [3.63, 3.8) is 0 Å². The van der Waals surface area contributed by atoms with E-state index in [1.54, 1.807) is 0 Å². The lowest BCUT2D eigenvalue weighted by Gasteiger charge is -2.25. The van der Waals surface area contributed by atoms with Gasteiger partial charge in [-0.15, -0.1) is 0 Å². The molecule has 2 heterocycles. The minimum Gasteiger partial charge on any atom is -0.486 e. The third kappa shape index (κ3) is 4.35. The van der Waals surface area contributed by atoms with Gasteiger partial charge in [-0.2, -0.15) is 0 Å². The highest BCUT2D eigenvalue weighted by Crippen LogP contribution is 2.32. The van der Waals surface area contributed by atoms with E-state index < -0.39 is 0 Å². The first-order chi connectivity index (χ1) is 15.3. The Morgan fingerprint density at radius 1 is 0.903 bits per heavy atom. The van der Waals surface area contributed by atoms with Gasteiger partial charge >= 0.3 is 0 Å². The van der Waals surface area contributed by atoms with Gasteiger partial charge in [0, 0.05) is 37.5 Å². The molecule has 3 aromatic rings. The van der Waals surface area contributed by atoms with E-state index in [2.05, 4.69) is 59.5 Å². The Morgan fingerprint density at radius 2 is 1.68 bits per heavy atom. The lowest BCUT2D eigenvalue weighted by Crippen LogP contribution is -2.31. The largest absolute Gasteiger partial charge is 0.486 e. The van der Waals surface area contributed by atoms with Crippen LogP contribution in [0.1, 0.15) is 39.4 Å². The van der Waals surface area contributed by atoms with Crippen molar-refractivity contribution in [1.82, 2.24) is 4.90 Å². The number of ketones is 1. The summed E-state index contributed by atoms with van der Waals surface area (Å²) in [6, 6.07) is 25.0. The number of benzene rings is 3. The van der Waals surface area contributed by atoms with Gasteiger partial charge in [-0.1, -0.05) is 54.6 Å². The molecule has 31 heavy (non-hydrogen) atoms. The number of ether oxygens (including phenoxy) is 2. The van der Waals surface area contributed by atoms with Gasteiger partial charge in [-0.3, -0.25) is 4.79 Å². The van der Waals surface area contributed by atoms with E-state index in [4.69, 9.17) is 9.47 Å². The number of rotatable bonds is 5. The number of carbonyl (C=O) groups excluding carboxylic acids is 1. The molecule has 0 bridgehead atoms. The Labute approximate surface area is 183 Å². The lowest BCUT2D eigenvalue weighted by atomic mass is 9.88. The lowest BCUT2D eigenvalue weighted by molar-refractivity contribution is 0.0963. The molecule has 0 amide bonds. The summed E-state index contributed by atoms with van der Waals surface area (Å²) in [5, 5.41) is 0. The highest BCUT2D eigenvalue weighted by molar-refractivity contribution is 5.96. The van der Waals surface area contributed by atoms with Crippen LogP contribution in [0.15, 0.2) is 72.8 Å². The number of hydrogen-bond acceptors (Lipinski definition) is 4. The molecule has 0 unspecified atom stereocenters. The standard InChI is InChI=1S/C27H27NO3/c29-25(22-10-11-26-27(18-22)31-17-16-30-26)13-15-28-14-12-21-8-4-5-9-23(21)24(19-28)20-6-2-1-3-7-20/h1-11,18,24H,12-17,19H2/t24-/m1/s1. The number of fused-ring (bicyclic) bond motifs is 2. The fourth-order valence-corrected chi connectivity index (χ4v) is 4.62. The first-order valence-electron chi connectivity index (χ1n) is 11.1. The number of carbonyl (C=O) groups is 1. The van der Waals surface area contributed by atoms with E-state index >= 15 is 0 Å². The molecule has 1 atom stereocenters. The zero-order valence-electron chi connectivity index (χ0n) is 17.6. The second-order valence-electron chi connectivity index (χ2n) is 8.24. The maximum Gasteiger partial charge on any atom is 0.164 e. The maximum atomic E-state index is 12.9. The summed E-state index contributed by atoms with van der Waals surface area (Å²) in [5.74, 6) is 1.87. The van der Waals surface area contributed by atoms with Crippen molar-refractivity contribution in [3.8, 4) is 11.5 Å². The van der Waals surface area contributed by atoms with Crippen LogP contribution in [0.4, 0.5) is 0 Å². The summed E-state index contributed by atoms with van der Waals surface area (Å²) in [6.07, 6.45) is 1.51. The summed E-state index contributed by atoms with van der Waals surface area (Å²) in [7, 11) is 0. The second-order valence-corrected chi connectivity index (χ2v) is 8.24. The molecule has 4 nitrogen and oxygen atoms in total. The fraction of sp³-hybridized carbons (Fsp3) is 0.296. The zero-order valence-corrected chi connectivity index (χ0v) is 17.6. The van der Waals surface area contributed by atoms with Crippen LogP contribution in [0.3, 0.4) is 0 Å². The van der Waals surface area contributed by atoms with E-state index in [9.17, 15) is 4.79 Å². The molecule has 5 rings (SSSR count). The molecule has 0 fully saturated rings. The van der Waals surface area contributed by atoms with Crippen LogP contribution in [-0.2, 0) is 6.42 Å². The molecule has 0 radical (unpaired) electrons. The Hall–Kier alpha value is -3.11. The van der Waals surface area contributed by atoms with Gasteiger partial charge in [-0.05, 0) is 41.3 Å². The minimum absolute atomic E-state index is 0.148. The molecule has 0 saturated carbocycles. The Kier molecular flexibility index (Phi) is 5.72. The van der Waals surface area contributed by atoms with E-state index in [1.807, 2.05) is 18.2 Å². The average molecular weight is 414 g/mol. The van der Waals surface area contributed by atoms with Crippen molar-refractivity contribution in [1.29, 1.82) is 0 Å². The Balaban J connectivity index is 1.30. The predicted octanol–water partition coefficient (Wildman–Crippen LogP) is 4.72. The molecule has 2 aliphatic rings. The van der Waals surface area contributed by atoms with Crippen LogP contribution in [-0.4, -0.2) is 43.5 Å². The van der Waals surface area contributed by atoms with Gasteiger partial charge in [0.2, 0.25) is 0 Å². The van der Waals surface area contributed by atoms with Gasteiger partial charge in [-0.25, -0.2) is 0 Å². The monoisotopic (exact) mass is 413 g/mol. The van der Waals surface area contributed by atoms with Crippen LogP contribution in [0.5, 0.6) is 11.5 Å². The average Bonchev–Trinajstić information content (AvgIpc) is 3.02. The van der Waals surface area contributed by atoms with E-state index in [-0.39, 0.29) is 5.78 Å². The summed E-state index contributed by atoms with van der Waals surface area (Å²) in [4.78, 5) is 15.3. The molecule has 0 N–H and O–H groups in total. The van der Waals surface area contributed by atoms with Crippen molar-refractivity contribution in [2.45, 2.75) is 18.8 Å². The predicted molar refractivity (Wildman–Crippen MR) is 121 cm³/mol. The van der Waals surface area contributed by atoms with E-state index in [0.29, 0.717) is 36.9 Å². The topological polar surface area (TPSA) is 38.8 Å². The molecule has 158 valence electrons. The fourth-order valence-electron chi connectivity index (χ4n) is 4.62. The van der Waals surface area contributed by atoms with Crippen molar-refractivity contribution < 1.29 is 14.3 Å². The van der Waals surface area contributed by atoms with Crippen molar-refractivity contribution in [3.05, 3.63) is 95.1 Å². The normalized spacial score (nSPS) is 18.1. The summed E-state index contributed by atoms with van der Waals surface area (Å²) in [6.45, 7) is 3.73. The Bertz CT molecular complexity index is 1060. The molecule has 0 aliphatic carbocycles. The van der Waals surface area contributed by atoms with E-state index in [0.717, 1.165) is 31.8 Å². The van der Waals surface area contributed by atoms with Gasteiger partial charge in [0.05, 0.1) is 0 Å². The first-order valence-corrected chi connectivity index (χ1v) is 11.1. The molecule has 4 heteroatoms. The van der Waals surface area contributed by atoms with Crippen LogP contribution in [0.2, 0.25) is 0 Å². The minimum atomic E-state index is 0.148. The Morgan fingerprint density at radius 3 is 2.55 bits per heavy atom. The summed E-state index contributed by atoms with van der Waals surface area (Å²) >= 11 is 0. The van der Waals surface area contributed by atoms with Crippen LogP contribution in [0.25, 0.3) is 0 Å². The molecule has 0 spiro atoms. The number of hydrogen-bond donors (Lipinski definition) is 0. The first kappa shape index (κ1) is 19.8. The zero-order chi connectivity index (χ0) is 21.0. The van der Waals surface area contributed by atoms with Crippen molar-refractivity contribution in [2.24, 2.45) is 0 Å². The molecule has 3 aromatic carbocycles. The summed E-state index contributed by atoms with van der Waals surface area (Å²) < 4.78 is 11.2. The summed E-state index contributed by atoms with van der Waals surface area (Å²) in [5.41, 5.74) is 4.85. The van der Waals surface area contributed by atoms with Gasteiger partial charge in [0.1, 0.15) is 13.2 Å². The molecule has 0 saturated heterocycles. The molecular weight excluding hydrogens is 386 g/mol.